The molecule has 0 spiro atoms. The van der Waals surface area contributed by atoms with E-state index in [0.29, 0.717) is 29.7 Å². The summed E-state index contributed by atoms with van der Waals surface area (Å²) >= 11 is 0. The van der Waals surface area contributed by atoms with Crippen LogP contribution in [0.4, 0.5) is 5.69 Å². The van der Waals surface area contributed by atoms with Gasteiger partial charge in [0.15, 0.2) is 6.61 Å². The van der Waals surface area contributed by atoms with Crippen molar-refractivity contribution >= 4 is 17.6 Å². The molecule has 0 atom stereocenters. The average molecular weight is 373 g/mol. The zero-order valence-electron chi connectivity index (χ0n) is 15.5. The molecule has 0 saturated carbocycles. The molecule has 0 saturated heterocycles. The molecule has 0 aliphatic heterocycles. The topological polar surface area (TPSA) is 94.1 Å². The summed E-state index contributed by atoms with van der Waals surface area (Å²) in [6.45, 7) is 4.51. The van der Waals surface area contributed by atoms with Crippen LogP contribution in [-0.4, -0.2) is 37.3 Å². The first-order valence-electron chi connectivity index (χ1n) is 8.46. The van der Waals surface area contributed by atoms with E-state index in [1.807, 2.05) is 6.07 Å². The third kappa shape index (κ3) is 6.22. The summed E-state index contributed by atoms with van der Waals surface area (Å²) < 4.78 is 16.1. The van der Waals surface area contributed by atoms with Crippen LogP contribution in [0, 0.1) is 5.92 Å². The molecular formula is C20H23NO6. The molecular weight excluding hydrogens is 350 g/mol. The molecule has 0 unspecified atom stereocenters. The van der Waals surface area contributed by atoms with Crippen LogP contribution < -0.4 is 19.5 Å². The fraction of sp³-hybridized carbons (Fsp3) is 0.300. The van der Waals surface area contributed by atoms with Crippen molar-refractivity contribution in [3.8, 4) is 17.2 Å². The Bertz CT molecular complexity index is 803. The second-order valence-corrected chi connectivity index (χ2v) is 6.24. The van der Waals surface area contributed by atoms with Crippen molar-refractivity contribution in [2.24, 2.45) is 5.92 Å². The molecule has 0 radical (unpaired) electrons. The molecule has 0 aliphatic carbocycles. The Kier molecular flexibility index (Phi) is 7.05. The largest absolute Gasteiger partial charge is 0.496 e. The highest BCUT2D eigenvalue weighted by Crippen LogP contribution is 2.23. The van der Waals surface area contributed by atoms with E-state index in [-0.39, 0.29) is 23.8 Å². The first-order valence-corrected chi connectivity index (χ1v) is 8.46. The maximum Gasteiger partial charge on any atom is 0.339 e. The van der Waals surface area contributed by atoms with Crippen molar-refractivity contribution in [1.82, 2.24) is 0 Å². The highest BCUT2D eigenvalue weighted by molar-refractivity contribution is 5.95. The number of aromatic carboxylic acids is 1. The molecule has 2 aromatic rings. The molecule has 0 aromatic heterocycles. The number of rotatable bonds is 9. The number of methoxy groups -OCH3 is 1. The van der Waals surface area contributed by atoms with Crippen LogP contribution in [0.5, 0.6) is 17.2 Å². The number of hydrogen-bond acceptors (Lipinski definition) is 5. The van der Waals surface area contributed by atoms with Gasteiger partial charge in [-0.2, -0.15) is 0 Å². The van der Waals surface area contributed by atoms with Gasteiger partial charge >= 0.3 is 5.97 Å². The first-order chi connectivity index (χ1) is 12.9. The van der Waals surface area contributed by atoms with Crippen LogP contribution >= 0.6 is 0 Å². The monoisotopic (exact) mass is 373 g/mol. The van der Waals surface area contributed by atoms with Gasteiger partial charge in [0.25, 0.3) is 5.91 Å². The molecule has 2 aromatic carbocycles. The number of anilines is 1. The summed E-state index contributed by atoms with van der Waals surface area (Å²) in [6.07, 6.45) is 0. The SMILES string of the molecule is COc1cc(NC(=O)COc2cccc(OCC(C)C)c2)ccc1C(=O)O. The van der Waals surface area contributed by atoms with E-state index in [1.54, 1.807) is 18.2 Å². The second kappa shape index (κ2) is 9.47. The standard InChI is InChI=1S/C20H23NO6/c1-13(2)11-26-15-5-4-6-16(10-15)27-12-19(22)21-14-7-8-17(20(23)24)18(9-14)25-3/h4-10,13H,11-12H2,1-3H3,(H,21,22)(H,23,24). The number of nitrogens with one attached hydrogen (secondary N) is 1. The lowest BCUT2D eigenvalue weighted by Gasteiger charge is -2.12. The van der Waals surface area contributed by atoms with Gasteiger partial charge in [-0.15, -0.1) is 0 Å². The average Bonchev–Trinajstić information content (AvgIpc) is 2.64. The molecule has 144 valence electrons. The van der Waals surface area contributed by atoms with Crippen molar-refractivity contribution in [3.63, 3.8) is 0 Å². The van der Waals surface area contributed by atoms with Gasteiger partial charge in [0.2, 0.25) is 0 Å². The number of carbonyl (C=O) groups is 2. The summed E-state index contributed by atoms with van der Waals surface area (Å²) in [5, 5.41) is 11.7. The molecule has 7 nitrogen and oxygen atoms in total. The van der Waals surface area contributed by atoms with Crippen molar-refractivity contribution in [1.29, 1.82) is 0 Å². The number of benzene rings is 2. The minimum absolute atomic E-state index is 0.0185. The van der Waals surface area contributed by atoms with Gasteiger partial charge in [-0.1, -0.05) is 19.9 Å². The van der Waals surface area contributed by atoms with Gasteiger partial charge in [0.1, 0.15) is 22.8 Å². The minimum atomic E-state index is -1.10. The zero-order valence-corrected chi connectivity index (χ0v) is 15.5. The molecule has 0 aliphatic rings. The van der Waals surface area contributed by atoms with E-state index >= 15 is 0 Å². The third-order valence-corrected chi connectivity index (χ3v) is 3.47. The summed E-state index contributed by atoms with van der Waals surface area (Å²) in [6, 6.07) is 11.4. The summed E-state index contributed by atoms with van der Waals surface area (Å²) in [5.74, 6) is 0.281. The lowest BCUT2D eigenvalue weighted by Crippen LogP contribution is -2.20. The van der Waals surface area contributed by atoms with E-state index in [2.05, 4.69) is 19.2 Å². The molecule has 2 rings (SSSR count). The lowest BCUT2D eigenvalue weighted by atomic mass is 10.2. The van der Waals surface area contributed by atoms with Crippen LogP contribution in [0.25, 0.3) is 0 Å². The number of carboxylic acid groups (broad SMARTS) is 1. The highest BCUT2D eigenvalue weighted by atomic mass is 16.5. The van der Waals surface area contributed by atoms with Gasteiger partial charge in [-0.25, -0.2) is 4.79 Å². The number of amides is 1. The van der Waals surface area contributed by atoms with Crippen molar-refractivity contribution in [3.05, 3.63) is 48.0 Å². The molecule has 1 amide bonds. The van der Waals surface area contributed by atoms with Crippen molar-refractivity contribution in [2.75, 3.05) is 25.6 Å². The maximum atomic E-state index is 12.1. The number of carbonyl (C=O) groups excluding carboxylic acids is 1. The van der Waals surface area contributed by atoms with Crippen molar-refractivity contribution < 1.29 is 28.9 Å². The van der Waals surface area contributed by atoms with Crippen LogP contribution in [0.15, 0.2) is 42.5 Å². The maximum absolute atomic E-state index is 12.1. The van der Waals surface area contributed by atoms with Crippen LogP contribution in [0.1, 0.15) is 24.2 Å². The Morgan fingerprint density at radius 2 is 1.78 bits per heavy atom. The summed E-state index contributed by atoms with van der Waals surface area (Å²) in [7, 11) is 1.37. The number of hydrogen-bond donors (Lipinski definition) is 2. The van der Waals surface area contributed by atoms with Crippen LogP contribution in [-0.2, 0) is 4.79 Å². The normalized spacial score (nSPS) is 10.4. The van der Waals surface area contributed by atoms with Crippen LogP contribution in [0.2, 0.25) is 0 Å². The lowest BCUT2D eigenvalue weighted by molar-refractivity contribution is -0.118. The number of carboxylic acids is 1. The Balaban J connectivity index is 1.93. The van der Waals surface area contributed by atoms with Gasteiger partial charge < -0.3 is 24.6 Å². The molecule has 7 heteroatoms. The van der Waals surface area contributed by atoms with Gasteiger partial charge in [0.05, 0.1) is 13.7 Å². The highest BCUT2D eigenvalue weighted by Gasteiger charge is 2.12. The number of ether oxygens (including phenoxy) is 3. The predicted molar refractivity (Wildman–Crippen MR) is 101 cm³/mol. The van der Waals surface area contributed by atoms with Gasteiger partial charge in [-0.3, -0.25) is 4.79 Å². The first kappa shape index (κ1) is 20.1. The van der Waals surface area contributed by atoms with E-state index in [1.165, 1.54) is 25.3 Å². The minimum Gasteiger partial charge on any atom is -0.496 e. The quantitative estimate of drug-likeness (QED) is 0.699. The fourth-order valence-corrected chi connectivity index (χ4v) is 2.21. The van der Waals surface area contributed by atoms with Gasteiger partial charge in [-0.05, 0) is 30.2 Å². The van der Waals surface area contributed by atoms with Crippen molar-refractivity contribution in [2.45, 2.75) is 13.8 Å². The Morgan fingerprint density at radius 1 is 1.07 bits per heavy atom. The van der Waals surface area contributed by atoms with E-state index in [9.17, 15) is 9.59 Å². The van der Waals surface area contributed by atoms with E-state index in [4.69, 9.17) is 19.3 Å². The molecule has 0 heterocycles. The zero-order chi connectivity index (χ0) is 19.8. The predicted octanol–water partition coefficient (Wildman–Crippen LogP) is 3.45. The smallest absolute Gasteiger partial charge is 0.339 e. The Morgan fingerprint density at radius 3 is 2.41 bits per heavy atom. The molecule has 0 bridgehead atoms. The Hall–Kier alpha value is -3.22. The summed E-state index contributed by atoms with van der Waals surface area (Å²) in [5.41, 5.74) is 0.435. The molecule has 27 heavy (non-hydrogen) atoms. The van der Waals surface area contributed by atoms with E-state index < -0.39 is 5.97 Å². The summed E-state index contributed by atoms with van der Waals surface area (Å²) in [4.78, 5) is 23.2. The third-order valence-electron chi connectivity index (χ3n) is 3.47. The van der Waals surface area contributed by atoms with Gasteiger partial charge in [0, 0.05) is 17.8 Å². The second-order valence-electron chi connectivity index (χ2n) is 6.24. The van der Waals surface area contributed by atoms with Crippen LogP contribution in [0.3, 0.4) is 0 Å². The molecule has 0 fully saturated rings. The Labute approximate surface area is 157 Å². The van der Waals surface area contributed by atoms with E-state index in [0.717, 1.165) is 0 Å². The molecule has 2 N–H and O–H groups in total. The fourth-order valence-electron chi connectivity index (χ4n) is 2.21.